The number of nitrogens with zero attached hydrogens (tertiary/aromatic N) is 2. The summed E-state index contributed by atoms with van der Waals surface area (Å²) in [5.41, 5.74) is 0.0865. The molecule has 5 nitrogen and oxygen atoms in total. The van der Waals surface area contributed by atoms with Gasteiger partial charge in [0.15, 0.2) is 0 Å². The molecule has 1 aliphatic heterocycles. The number of Topliss-reactive ketones (excluding diaryl/α,β-unsaturated/α-hetero) is 1. The molecule has 0 aliphatic carbocycles. The van der Waals surface area contributed by atoms with Crippen molar-refractivity contribution in [2.24, 2.45) is 0 Å². The number of rotatable bonds is 4. The van der Waals surface area contributed by atoms with Crippen LogP contribution < -0.4 is 0 Å². The van der Waals surface area contributed by atoms with Gasteiger partial charge in [-0.05, 0) is 35.4 Å². The molecule has 32 heavy (non-hydrogen) atoms. The molecule has 1 amide bonds. The van der Waals surface area contributed by atoms with Gasteiger partial charge >= 0.3 is 6.18 Å². The van der Waals surface area contributed by atoms with Gasteiger partial charge in [0.1, 0.15) is 5.76 Å². The molecule has 0 spiro atoms. The number of aliphatic hydroxyl groups excluding tert-OH is 1. The van der Waals surface area contributed by atoms with Gasteiger partial charge in [-0.3, -0.25) is 14.6 Å². The zero-order chi connectivity index (χ0) is 22.9. The first kappa shape index (κ1) is 21.3. The van der Waals surface area contributed by atoms with Gasteiger partial charge in [0.2, 0.25) is 0 Å². The molecular formula is C24H17F3N2O3. The Labute approximate surface area is 181 Å². The average Bonchev–Trinajstić information content (AvgIpc) is 3.04. The van der Waals surface area contributed by atoms with E-state index in [1.54, 1.807) is 42.5 Å². The van der Waals surface area contributed by atoms with Gasteiger partial charge in [-0.1, -0.05) is 42.5 Å². The van der Waals surface area contributed by atoms with Crippen LogP contribution in [0.15, 0.2) is 84.7 Å². The number of pyridine rings is 1. The van der Waals surface area contributed by atoms with E-state index in [0.717, 1.165) is 12.1 Å². The van der Waals surface area contributed by atoms with Crippen LogP contribution in [0.25, 0.3) is 5.76 Å². The van der Waals surface area contributed by atoms with E-state index in [2.05, 4.69) is 4.98 Å². The van der Waals surface area contributed by atoms with Crippen LogP contribution >= 0.6 is 0 Å². The van der Waals surface area contributed by atoms with Crippen molar-refractivity contribution in [2.75, 3.05) is 0 Å². The van der Waals surface area contributed by atoms with Crippen molar-refractivity contribution in [3.8, 4) is 0 Å². The van der Waals surface area contributed by atoms with Crippen molar-refractivity contribution < 1.29 is 27.9 Å². The van der Waals surface area contributed by atoms with Crippen molar-refractivity contribution in [2.45, 2.75) is 18.8 Å². The molecule has 1 atom stereocenters. The molecule has 0 radical (unpaired) electrons. The van der Waals surface area contributed by atoms with Crippen molar-refractivity contribution >= 4 is 17.4 Å². The monoisotopic (exact) mass is 438 g/mol. The quantitative estimate of drug-likeness (QED) is 0.364. The summed E-state index contributed by atoms with van der Waals surface area (Å²) >= 11 is 0. The lowest BCUT2D eigenvalue weighted by molar-refractivity contribution is -0.140. The highest BCUT2D eigenvalue weighted by Crippen LogP contribution is 2.40. The van der Waals surface area contributed by atoms with Crippen LogP contribution in [0, 0.1) is 0 Å². The average molecular weight is 438 g/mol. The first-order chi connectivity index (χ1) is 15.3. The lowest BCUT2D eigenvalue weighted by atomic mass is 9.96. The molecule has 1 fully saturated rings. The fourth-order valence-corrected chi connectivity index (χ4v) is 3.73. The third kappa shape index (κ3) is 3.99. The Morgan fingerprint density at radius 1 is 0.969 bits per heavy atom. The zero-order valence-corrected chi connectivity index (χ0v) is 16.6. The summed E-state index contributed by atoms with van der Waals surface area (Å²) in [5, 5.41) is 10.9. The van der Waals surface area contributed by atoms with Crippen LogP contribution in [-0.2, 0) is 22.3 Å². The van der Waals surface area contributed by atoms with E-state index in [-0.39, 0.29) is 23.4 Å². The molecule has 0 bridgehead atoms. The first-order valence-corrected chi connectivity index (χ1v) is 9.67. The predicted molar refractivity (Wildman–Crippen MR) is 110 cm³/mol. The lowest BCUT2D eigenvalue weighted by Gasteiger charge is -2.25. The highest BCUT2D eigenvalue weighted by atomic mass is 19.4. The maximum atomic E-state index is 13.1. The van der Waals surface area contributed by atoms with Gasteiger partial charge in [0.25, 0.3) is 11.7 Å². The Bertz CT molecular complexity index is 1190. The minimum atomic E-state index is -4.54. The number of hydrogen-bond acceptors (Lipinski definition) is 4. The van der Waals surface area contributed by atoms with Crippen LogP contribution in [-0.4, -0.2) is 26.7 Å². The molecule has 8 heteroatoms. The van der Waals surface area contributed by atoms with E-state index in [0.29, 0.717) is 11.1 Å². The molecule has 1 N–H and O–H groups in total. The third-order valence-corrected chi connectivity index (χ3v) is 5.22. The molecule has 4 rings (SSSR count). The van der Waals surface area contributed by atoms with Crippen molar-refractivity contribution in [1.29, 1.82) is 0 Å². The van der Waals surface area contributed by atoms with Gasteiger partial charge < -0.3 is 10.0 Å². The van der Waals surface area contributed by atoms with E-state index < -0.39 is 29.5 Å². The number of benzene rings is 2. The number of aliphatic hydroxyl groups is 1. The molecule has 2 aromatic carbocycles. The van der Waals surface area contributed by atoms with Gasteiger partial charge in [-0.15, -0.1) is 0 Å². The number of likely N-dealkylation sites (tertiary alicyclic amines) is 1. The summed E-state index contributed by atoms with van der Waals surface area (Å²) in [6.07, 6.45) is -1.59. The second-order valence-electron chi connectivity index (χ2n) is 7.27. The van der Waals surface area contributed by atoms with E-state index in [1.165, 1.54) is 29.4 Å². The van der Waals surface area contributed by atoms with Crippen LogP contribution in [0.4, 0.5) is 13.2 Å². The highest BCUT2D eigenvalue weighted by molar-refractivity contribution is 6.46. The smallest absolute Gasteiger partial charge is 0.416 e. The molecule has 162 valence electrons. The Morgan fingerprint density at radius 3 is 2.31 bits per heavy atom. The summed E-state index contributed by atoms with van der Waals surface area (Å²) in [7, 11) is 0. The number of alkyl halides is 3. The number of carbonyl (C=O) groups is 2. The number of carbonyl (C=O) groups excluding carboxylic acids is 2. The molecule has 1 aromatic heterocycles. The summed E-state index contributed by atoms with van der Waals surface area (Å²) in [5.74, 6) is -2.15. The van der Waals surface area contributed by atoms with Crippen molar-refractivity contribution in [3.05, 3.63) is 107 Å². The third-order valence-electron chi connectivity index (χ3n) is 5.22. The fraction of sp³-hybridized carbons (Fsp3) is 0.125. The number of hydrogen-bond donors (Lipinski definition) is 1. The number of aromatic nitrogens is 1. The zero-order valence-electron chi connectivity index (χ0n) is 16.6. The Balaban J connectivity index is 1.82. The molecule has 1 unspecified atom stereocenters. The Morgan fingerprint density at radius 2 is 1.66 bits per heavy atom. The largest absolute Gasteiger partial charge is 0.507 e. The minimum Gasteiger partial charge on any atom is -0.507 e. The SMILES string of the molecule is O=C1C(=O)N(Cc2cccc(C(F)(F)F)c2)C(c2ccncc2)/C1=C(\O)c1ccccc1. The minimum absolute atomic E-state index is 0.126. The lowest BCUT2D eigenvalue weighted by Crippen LogP contribution is -2.29. The van der Waals surface area contributed by atoms with Gasteiger partial charge in [-0.25, -0.2) is 0 Å². The summed E-state index contributed by atoms with van der Waals surface area (Å²) in [6, 6.07) is 15.1. The standard InChI is InChI=1S/C24H17F3N2O3/c25-24(26,27)18-8-4-5-15(13-18)14-29-20(16-9-11-28-12-10-16)19(22(31)23(29)32)21(30)17-6-2-1-3-7-17/h1-13,20,30H,14H2/b21-19+. The van der Waals surface area contributed by atoms with Crippen LogP contribution in [0.2, 0.25) is 0 Å². The maximum absolute atomic E-state index is 13.1. The Kier molecular flexibility index (Phi) is 5.52. The highest BCUT2D eigenvalue weighted by Gasteiger charge is 2.46. The van der Waals surface area contributed by atoms with E-state index in [4.69, 9.17) is 0 Å². The van der Waals surface area contributed by atoms with Crippen LogP contribution in [0.1, 0.15) is 28.3 Å². The molecule has 1 aliphatic rings. The van der Waals surface area contributed by atoms with Crippen molar-refractivity contribution in [1.82, 2.24) is 9.88 Å². The predicted octanol–water partition coefficient (Wildman–Crippen LogP) is 4.72. The van der Waals surface area contributed by atoms with E-state index in [9.17, 15) is 27.9 Å². The summed E-state index contributed by atoms with van der Waals surface area (Å²) in [4.78, 5) is 30.9. The van der Waals surface area contributed by atoms with Crippen LogP contribution in [0.5, 0.6) is 0 Å². The second-order valence-corrected chi connectivity index (χ2v) is 7.27. The number of amides is 1. The van der Waals surface area contributed by atoms with Gasteiger partial charge in [0, 0.05) is 24.5 Å². The topological polar surface area (TPSA) is 70.5 Å². The molecule has 0 saturated carbocycles. The molecule has 3 aromatic rings. The first-order valence-electron chi connectivity index (χ1n) is 9.67. The maximum Gasteiger partial charge on any atom is 0.416 e. The number of halogens is 3. The fourth-order valence-electron chi connectivity index (χ4n) is 3.73. The van der Waals surface area contributed by atoms with Gasteiger partial charge in [-0.2, -0.15) is 13.2 Å². The Hall–Kier alpha value is -3.94. The number of ketones is 1. The van der Waals surface area contributed by atoms with Gasteiger partial charge in [0.05, 0.1) is 17.2 Å². The normalized spacial score (nSPS) is 18.2. The molecule has 1 saturated heterocycles. The van der Waals surface area contributed by atoms with E-state index >= 15 is 0 Å². The van der Waals surface area contributed by atoms with E-state index in [1.807, 2.05) is 0 Å². The summed E-state index contributed by atoms with van der Waals surface area (Å²) < 4.78 is 39.4. The molecular weight excluding hydrogens is 421 g/mol. The molecule has 2 heterocycles. The van der Waals surface area contributed by atoms with Crippen LogP contribution in [0.3, 0.4) is 0 Å². The van der Waals surface area contributed by atoms with Crippen molar-refractivity contribution in [3.63, 3.8) is 0 Å². The second kappa shape index (κ2) is 8.30. The summed E-state index contributed by atoms with van der Waals surface area (Å²) in [6.45, 7) is -0.243.